The Morgan fingerprint density at radius 3 is 2.45 bits per heavy atom. The monoisotopic (exact) mass is 562 g/mol. The Morgan fingerprint density at radius 2 is 1.64 bits per heavy atom. The number of carbonyl (C=O) groups is 2. The highest BCUT2D eigenvalue weighted by Crippen LogP contribution is 2.42. The molecule has 4 aromatic carbocycles. The Balaban J connectivity index is 1.48. The van der Waals surface area contributed by atoms with E-state index in [2.05, 4.69) is 0 Å². The molecule has 3 unspecified atom stereocenters. The first kappa shape index (κ1) is 27.3. The molecule has 1 aliphatic rings. The summed E-state index contributed by atoms with van der Waals surface area (Å²) in [5.74, 6) is -0.810. The third kappa shape index (κ3) is 5.02. The van der Waals surface area contributed by atoms with E-state index in [9.17, 15) is 14.7 Å². The third-order valence-electron chi connectivity index (χ3n) is 7.68. The van der Waals surface area contributed by atoms with Crippen LogP contribution >= 0.6 is 0 Å². The number of rotatable bonds is 8. The fraction of sp³-hybridized carbons (Fsp3) is 0.176. The summed E-state index contributed by atoms with van der Waals surface area (Å²) < 4.78 is 17.5. The zero-order chi connectivity index (χ0) is 29.2. The standard InChI is InChI=1S/C34H30N2O6/c1-40-34(39)27(35)17-23-19-36(28-14-8-7-12-25(23)28)33(38)31(22-15-16-29-30(18-22)42-20-41-29)32(37)26-13-6-5-11-24(26)21-9-3-2-4-10-21/h2-16,18-19,27,31-32,37H,17,20,35H2,1H3. The van der Waals surface area contributed by atoms with E-state index in [1.807, 2.05) is 78.9 Å². The molecule has 0 bridgehead atoms. The first-order valence-corrected chi connectivity index (χ1v) is 13.6. The molecule has 3 N–H and O–H groups in total. The van der Waals surface area contributed by atoms with Crippen LogP contribution in [0.15, 0.2) is 103 Å². The highest BCUT2D eigenvalue weighted by molar-refractivity contribution is 5.98. The van der Waals surface area contributed by atoms with E-state index in [0.717, 1.165) is 22.1 Å². The average molecular weight is 563 g/mol. The number of aliphatic hydroxyl groups is 1. The summed E-state index contributed by atoms with van der Waals surface area (Å²) in [6.07, 6.45) is 0.670. The Hall–Kier alpha value is -4.92. The van der Waals surface area contributed by atoms with Crippen molar-refractivity contribution in [2.75, 3.05) is 13.9 Å². The van der Waals surface area contributed by atoms with E-state index < -0.39 is 24.0 Å². The molecule has 2 heterocycles. The summed E-state index contributed by atoms with van der Waals surface area (Å²) >= 11 is 0. The second kappa shape index (κ2) is 11.5. The number of hydrogen-bond acceptors (Lipinski definition) is 7. The van der Waals surface area contributed by atoms with Gasteiger partial charge in [0.1, 0.15) is 6.04 Å². The van der Waals surface area contributed by atoms with Crippen LogP contribution in [-0.2, 0) is 16.0 Å². The molecule has 0 saturated heterocycles. The van der Waals surface area contributed by atoms with Crippen molar-refractivity contribution >= 4 is 22.8 Å². The lowest BCUT2D eigenvalue weighted by atomic mass is 9.84. The molecule has 0 amide bonds. The molecule has 3 atom stereocenters. The van der Waals surface area contributed by atoms with Gasteiger partial charge in [-0.2, -0.15) is 0 Å². The van der Waals surface area contributed by atoms with Crippen LogP contribution in [0.1, 0.15) is 33.5 Å². The first-order valence-electron chi connectivity index (χ1n) is 13.6. The van der Waals surface area contributed by atoms with Crippen LogP contribution in [0.4, 0.5) is 0 Å². The molecule has 212 valence electrons. The molecular formula is C34H30N2O6. The van der Waals surface area contributed by atoms with E-state index in [0.29, 0.717) is 28.1 Å². The van der Waals surface area contributed by atoms with Gasteiger partial charge in [0.25, 0.3) is 0 Å². The second-order valence-corrected chi connectivity index (χ2v) is 10.2. The molecule has 0 aliphatic carbocycles. The van der Waals surface area contributed by atoms with Crippen LogP contribution in [0.2, 0.25) is 0 Å². The van der Waals surface area contributed by atoms with Gasteiger partial charge < -0.3 is 25.1 Å². The maximum absolute atomic E-state index is 14.6. The van der Waals surface area contributed by atoms with Crippen molar-refractivity contribution in [1.29, 1.82) is 0 Å². The zero-order valence-corrected chi connectivity index (χ0v) is 23.0. The van der Waals surface area contributed by atoms with Crippen molar-refractivity contribution < 1.29 is 28.9 Å². The van der Waals surface area contributed by atoms with Gasteiger partial charge in [0.05, 0.1) is 24.6 Å². The van der Waals surface area contributed by atoms with Gasteiger partial charge in [-0.1, -0.05) is 78.9 Å². The van der Waals surface area contributed by atoms with Crippen LogP contribution in [0, 0.1) is 0 Å². The number of hydrogen-bond donors (Lipinski definition) is 2. The number of methoxy groups -OCH3 is 1. The number of aromatic nitrogens is 1. The third-order valence-corrected chi connectivity index (χ3v) is 7.68. The number of ether oxygens (including phenoxy) is 3. The summed E-state index contributed by atoms with van der Waals surface area (Å²) in [7, 11) is 1.29. The molecule has 0 fully saturated rings. The van der Waals surface area contributed by atoms with E-state index in [-0.39, 0.29) is 19.1 Å². The maximum atomic E-state index is 14.6. The van der Waals surface area contributed by atoms with Gasteiger partial charge in [0.15, 0.2) is 11.5 Å². The molecule has 1 aromatic heterocycles. The van der Waals surface area contributed by atoms with E-state index in [4.69, 9.17) is 19.9 Å². The van der Waals surface area contributed by atoms with Crippen molar-refractivity contribution in [3.05, 3.63) is 120 Å². The van der Waals surface area contributed by atoms with Crippen LogP contribution in [0.25, 0.3) is 22.0 Å². The number of nitrogens with two attached hydrogens (primary N) is 1. The van der Waals surface area contributed by atoms with Gasteiger partial charge in [-0.3, -0.25) is 14.2 Å². The molecule has 1 aliphatic heterocycles. The maximum Gasteiger partial charge on any atom is 0.322 e. The number of benzene rings is 4. The molecule has 5 aromatic rings. The summed E-state index contributed by atoms with van der Waals surface area (Å²) in [4.78, 5) is 26.7. The van der Waals surface area contributed by atoms with Crippen LogP contribution in [-0.4, -0.2) is 41.5 Å². The van der Waals surface area contributed by atoms with Crippen molar-refractivity contribution in [1.82, 2.24) is 4.57 Å². The van der Waals surface area contributed by atoms with Crippen LogP contribution in [0.5, 0.6) is 11.5 Å². The fourth-order valence-electron chi connectivity index (χ4n) is 5.60. The minimum atomic E-state index is -1.21. The molecule has 8 heteroatoms. The lowest BCUT2D eigenvalue weighted by molar-refractivity contribution is -0.142. The smallest absolute Gasteiger partial charge is 0.322 e. The van der Waals surface area contributed by atoms with Crippen LogP contribution < -0.4 is 15.2 Å². The van der Waals surface area contributed by atoms with Gasteiger partial charge in [-0.15, -0.1) is 0 Å². The van der Waals surface area contributed by atoms with E-state index in [1.54, 1.807) is 24.4 Å². The predicted molar refractivity (Wildman–Crippen MR) is 158 cm³/mol. The topological polar surface area (TPSA) is 113 Å². The molecular weight excluding hydrogens is 532 g/mol. The van der Waals surface area contributed by atoms with Crippen molar-refractivity contribution in [3.63, 3.8) is 0 Å². The highest BCUT2D eigenvalue weighted by atomic mass is 16.7. The molecule has 0 radical (unpaired) electrons. The predicted octanol–water partition coefficient (Wildman–Crippen LogP) is 5.24. The number of nitrogens with zero attached hydrogens (tertiary/aromatic N) is 1. The van der Waals surface area contributed by atoms with Gasteiger partial charge >= 0.3 is 5.97 Å². The minimum absolute atomic E-state index is 0.0862. The summed E-state index contributed by atoms with van der Waals surface area (Å²) in [6, 6.07) is 29.1. The Kier molecular flexibility index (Phi) is 7.48. The number of fused-ring (bicyclic) bond motifs is 2. The fourth-order valence-corrected chi connectivity index (χ4v) is 5.60. The van der Waals surface area contributed by atoms with Crippen LogP contribution in [0.3, 0.4) is 0 Å². The quantitative estimate of drug-likeness (QED) is 0.249. The lowest BCUT2D eigenvalue weighted by Gasteiger charge is -2.25. The number of carbonyl (C=O) groups excluding carboxylic acids is 2. The highest BCUT2D eigenvalue weighted by Gasteiger charge is 2.34. The van der Waals surface area contributed by atoms with Crippen molar-refractivity contribution in [3.8, 4) is 22.6 Å². The zero-order valence-electron chi connectivity index (χ0n) is 23.0. The first-order chi connectivity index (χ1) is 20.5. The Morgan fingerprint density at radius 1 is 0.929 bits per heavy atom. The summed E-state index contributed by atoms with van der Waals surface area (Å²) in [6.45, 7) is 0.0862. The van der Waals surface area contributed by atoms with Crippen molar-refractivity contribution in [2.45, 2.75) is 24.5 Å². The normalized spacial score (nSPS) is 14.4. The van der Waals surface area contributed by atoms with Gasteiger partial charge in [0.2, 0.25) is 12.7 Å². The Bertz CT molecular complexity index is 1760. The minimum Gasteiger partial charge on any atom is -0.468 e. The average Bonchev–Trinajstić information content (AvgIpc) is 3.65. The van der Waals surface area contributed by atoms with Crippen molar-refractivity contribution in [2.24, 2.45) is 5.73 Å². The van der Waals surface area contributed by atoms with E-state index in [1.165, 1.54) is 11.7 Å². The lowest BCUT2D eigenvalue weighted by Crippen LogP contribution is -2.33. The summed E-state index contributed by atoms with van der Waals surface area (Å²) in [5, 5.41) is 12.9. The summed E-state index contributed by atoms with van der Waals surface area (Å²) in [5.41, 5.74) is 10.4. The number of esters is 1. The second-order valence-electron chi connectivity index (χ2n) is 10.2. The molecule has 42 heavy (non-hydrogen) atoms. The molecule has 0 saturated carbocycles. The number of aliphatic hydroxyl groups excluding tert-OH is 1. The molecule has 8 nitrogen and oxygen atoms in total. The van der Waals surface area contributed by atoms with E-state index >= 15 is 0 Å². The van der Waals surface area contributed by atoms with Gasteiger partial charge in [-0.25, -0.2) is 0 Å². The molecule has 0 spiro atoms. The Labute approximate surface area is 242 Å². The van der Waals surface area contributed by atoms with Gasteiger partial charge in [-0.05, 0) is 46.0 Å². The molecule has 6 rings (SSSR count). The van der Waals surface area contributed by atoms with Gasteiger partial charge in [0, 0.05) is 18.0 Å². The largest absolute Gasteiger partial charge is 0.468 e. The SMILES string of the molecule is COC(=O)C(N)Cc1cn(C(=O)C(c2ccc3c(c2)OCO3)C(O)c2ccccc2-c2ccccc2)c2ccccc12. The number of para-hydroxylation sites is 1.